The average molecular weight is 1290 g/mol. The highest BCUT2D eigenvalue weighted by atomic mass is 79.9. The van der Waals surface area contributed by atoms with Gasteiger partial charge in [-0.2, -0.15) is 0 Å². The van der Waals surface area contributed by atoms with E-state index in [0.29, 0.717) is 57.1 Å². The molecule has 0 saturated carbocycles. The lowest BCUT2D eigenvalue weighted by Crippen LogP contribution is -2.53. The molecule has 84 heavy (non-hydrogen) atoms. The highest BCUT2D eigenvalue weighted by Gasteiger charge is 2.48. The van der Waals surface area contributed by atoms with Crippen molar-refractivity contribution in [1.29, 1.82) is 0 Å². The summed E-state index contributed by atoms with van der Waals surface area (Å²) in [7, 11) is 0. The first-order valence-corrected chi connectivity index (χ1v) is 31.2. The molecule has 0 aliphatic carbocycles. The van der Waals surface area contributed by atoms with Gasteiger partial charge in [0.15, 0.2) is 5.72 Å². The first-order valence-electron chi connectivity index (χ1n) is 27.4. The number of hydrogen-bond acceptors (Lipinski definition) is 20. The van der Waals surface area contributed by atoms with Gasteiger partial charge in [0, 0.05) is 153 Å². The van der Waals surface area contributed by atoms with E-state index in [0.717, 1.165) is 68.3 Å². The molecule has 11 heterocycles. The van der Waals surface area contributed by atoms with Gasteiger partial charge in [-0.3, -0.25) is 24.7 Å². The number of hydrogen-bond donors (Lipinski definition) is 3. The summed E-state index contributed by atoms with van der Waals surface area (Å²) in [5.74, 6) is 0.148. The number of aliphatic imine (C=N–C) groups is 1. The third kappa shape index (κ3) is 19.6. The molecule has 25 heteroatoms. The number of amides is 3. The van der Waals surface area contributed by atoms with Crippen LogP contribution in [0.3, 0.4) is 0 Å². The Labute approximate surface area is 517 Å². The summed E-state index contributed by atoms with van der Waals surface area (Å²) in [6.07, 6.45) is 15.6. The molecule has 0 spiro atoms. The molecule has 3 atom stereocenters. The van der Waals surface area contributed by atoms with Gasteiger partial charge in [-0.05, 0) is 111 Å². The van der Waals surface area contributed by atoms with Crippen molar-refractivity contribution in [2.45, 2.75) is 134 Å². The van der Waals surface area contributed by atoms with Crippen molar-refractivity contribution in [2.24, 2.45) is 10.7 Å². The monoisotopic (exact) mass is 1280 g/mol. The lowest BCUT2D eigenvalue weighted by atomic mass is 10.0. The summed E-state index contributed by atoms with van der Waals surface area (Å²) >= 11 is 12.9. The maximum atomic E-state index is 12.2. The van der Waals surface area contributed by atoms with E-state index in [1.165, 1.54) is 27.9 Å². The highest BCUT2D eigenvalue weighted by Crippen LogP contribution is 2.42. The quantitative estimate of drug-likeness (QED) is 0.0842. The maximum absolute atomic E-state index is 12.2. The minimum absolute atomic E-state index is 0.148. The Morgan fingerprint density at radius 1 is 0.655 bits per heavy atom. The number of nitrogens with two attached hydrogens (primary N) is 1. The van der Waals surface area contributed by atoms with E-state index in [4.69, 9.17) is 37.1 Å². The molecular formula is C59H73BrN12O8S4. The van der Waals surface area contributed by atoms with Crippen LogP contribution in [-0.4, -0.2) is 156 Å². The minimum atomic E-state index is -1.11. The molecule has 2 saturated heterocycles. The highest BCUT2D eigenvalue weighted by molar-refractivity contribution is 9.10. The van der Waals surface area contributed by atoms with Gasteiger partial charge in [0.05, 0.1) is 28.0 Å². The Morgan fingerprint density at radius 3 is 1.58 bits per heavy atom. The SMILES string of the molecule is CC(C)(C)OC(=O)N1CCC(=O)C(Br)C1.CC(C)(C)OC(=O)N1CCC2(O)N=C(c3ccncc3)SC2C1.CC(C)(C)OC(=O)N1CCc2nc(-c3ccncc3)sc2C1.NC(=S)c1ccncc1.c1cc(-c2nc3c(s2)CNCC3)ccn1. The molecule has 4 N–H and O–H groups in total. The molecule has 2 fully saturated rings. The fraction of sp³-hybridized carbons (Fsp3) is 0.458. The van der Waals surface area contributed by atoms with Crippen molar-refractivity contribution in [3.8, 4) is 21.1 Å². The third-order valence-corrected chi connectivity index (χ3v) is 17.3. The maximum Gasteiger partial charge on any atom is 0.410 e. The number of carbonyl (C=O) groups is 4. The summed E-state index contributed by atoms with van der Waals surface area (Å²) in [6.45, 7) is 21.6. The fourth-order valence-electron chi connectivity index (χ4n) is 8.45. The van der Waals surface area contributed by atoms with Crippen LogP contribution in [0.2, 0.25) is 0 Å². The zero-order valence-corrected chi connectivity index (χ0v) is 53.6. The van der Waals surface area contributed by atoms with E-state index < -0.39 is 22.5 Å². The van der Waals surface area contributed by atoms with Crippen molar-refractivity contribution >= 4 is 96.7 Å². The van der Waals surface area contributed by atoms with E-state index in [1.807, 2.05) is 111 Å². The van der Waals surface area contributed by atoms with Gasteiger partial charge >= 0.3 is 18.3 Å². The summed E-state index contributed by atoms with van der Waals surface area (Å²) < 4.78 is 16.1. The molecule has 3 amide bonds. The number of halogens is 1. The number of nitrogens with zero attached hydrogens (tertiary/aromatic N) is 10. The number of piperidine rings is 2. The number of likely N-dealkylation sites (tertiary alicyclic amines) is 2. The molecule has 0 radical (unpaired) electrons. The van der Waals surface area contributed by atoms with E-state index >= 15 is 0 Å². The van der Waals surface area contributed by atoms with Crippen molar-refractivity contribution in [3.05, 3.63) is 130 Å². The fourth-order valence-corrected chi connectivity index (χ4v) is 12.7. The van der Waals surface area contributed by atoms with Crippen LogP contribution >= 0.6 is 62.6 Å². The van der Waals surface area contributed by atoms with Crippen molar-refractivity contribution in [2.75, 3.05) is 39.3 Å². The smallest absolute Gasteiger partial charge is 0.410 e. The van der Waals surface area contributed by atoms with Crippen molar-refractivity contribution in [3.63, 3.8) is 0 Å². The van der Waals surface area contributed by atoms with Crippen LogP contribution in [0.5, 0.6) is 0 Å². The van der Waals surface area contributed by atoms with E-state index in [1.54, 1.807) is 86.7 Å². The van der Waals surface area contributed by atoms with E-state index in [-0.39, 0.29) is 34.1 Å². The normalized spacial score (nSPS) is 19.0. The number of thioether (sulfide) groups is 1. The van der Waals surface area contributed by atoms with E-state index in [9.17, 15) is 24.3 Å². The summed E-state index contributed by atoms with van der Waals surface area (Å²) in [6, 6.07) is 15.2. The van der Waals surface area contributed by atoms with Crippen LogP contribution in [-0.2, 0) is 44.9 Å². The molecule has 0 aromatic carbocycles. The van der Waals surface area contributed by atoms with Crippen molar-refractivity contribution in [1.82, 2.24) is 49.9 Å². The lowest BCUT2D eigenvalue weighted by Gasteiger charge is -2.38. The van der Waals surface area contributed by atoms with Gasteiger partial charge in [0.2, 0.25) is 0 Å². The van der Waals surface area contributed by atoms with Crippen LogP contribution in [0.15, 0.2) is 103 Å². The van der Waals surface area contributed by atoms with Crippen LogP contribution < -0.4 is 11.1 Å². The van der Waals surface area contributed by atoms with Gasteiger partial charge in [-0.25, -0.2) is 29.3 Å². The number of pyridine rings is 4. The molecular weight excluding hydrogens is 1210 g/mol. The first kappa shape index (κ1) is 65.2. The number of fused-ring (bicyclic) bond motifs is 3. The summed E-state index contributed by atoms with van der Waals surface area (Å²) in [5.41, 5.74) is 9.14. The predicted molar refractivity (Wildman–Crippen MR) is 336 cm³/mol. The number of nitrogens with one attached hydrogen (secondary N) is 1. The van der Waals surface area contributed by atoms with Crippen LogP contribution in [0.25, 0.3) is 21.1 Å². The Balaban J connectivity index is 0.000000155. The lowest BCUT2D eigenvalue weighted by molar-refractivity contribution is -0.120. The number of carbonyl (C=O) groups excluding carboxylic acids is 4. The molecule has 11 rings (SSSR count). The van der Waals surface area contributed by atoms with Gasteiger partial charge < -0.3 is 45.1 Å². The largest absolute Gasteiger partial charge is 0.444 e. The second kappa shape index (κ2) is 29.2. The van der Waals surface area contributed by atoms with Crippen molar-refractivity contribution < 1.29 is 38.5 Å². The number of aromatic nitrogens is 6. The third-order valence-electron chi connectivity index (χ3n) is 12.6. The molecule has 6 aromatic heterocycles. The molecule has 5 aliphatic heterocycles. The number of alkyl halides is 1. The Hall–Kier alpha value is -6.35. The topological polar surface area (TPSA) is 254 Å². The second-order valence-corrected chi connectivity index (χ2v) is 27.8. The van der Waals surface area contributed by atoms with Gasteiger partial charge in [0.25, 0.3) is 0 Å². The number of rotatable bonds is 4. The van der Waals surface area contributed by atoms with Gasteiger partial charge in [-0.15, -0.1) is 22.7 Å². The number of thiocarbonyl (C=S) groups is 1. The Kier molecular flexibility index (Phi) is 22.6. The predicted octanol–water partition coefficient (Wildman–Crippen LogP) is 10.3. The molecule has 3 unspecified atom stereocenters. The van der Waals surface area contributed by atoms with E-state index in [2.05, 4.69) is 51.2 Å². The zero-order valence-electron chi connectivity index (χ0n) is 48.7. The number of ether oxygens (including phenoxy) is 3. The Bertz CT molecular complexity index is 3190. The summed E-state index contributed by atoms with van der Waals surface area (Å²) in [4.78, 5) is 84.7. The first-order chi connectivity index (χ1) is 39.7. The average Bonchev–Trinajstić information content (AvgIpc) is 4.01. The van der Waals surface area contributed by atoms with Gasteiger partial charge in [0.1, 0.15) is 42.6 Å². The van der Waals surface area contributed by atoms with Crippen LogP contribution in [0.4, 0.5) is 14.4 Å². The number of aliphatic hydroxyl groups is 1. The molecule has 20 nitrogen and oxygen atoms in total. The minimum Gasteiger partial charge on any atom is -0.444 e. The van der Waals surface area contributed by atoms with Gasteiger partial charge in [-0.1, -0.05) is 39.9 Å². The molecule has 0 bridgehead atoms. The number of ketones is 1. The summed E-state index contributed by atoms with van der Waals surface area (Å²) in [5, 5.41) is 16.9. The second-order valence-electron chi connectivity index (χ2n) is 22.9. The standard InChI is InChI=1S/C16H21N3O3S.C16H19N3O2S.C11H11N3S.C10H16BrNO3.C6H6N2S/c1-15(2,3)22-14(20)19-9-6-16(21)12(10-19)23-13(18-16)11-4-7-17-8-5-11;1-16(2,3)21-15(20)19-9-6-12-13(10-19)22-14(18-12)11-4-7-17-8-5-11;1-4-12-5-2-8(1)11-14-9-3-6-13-7-10(9)15-11;1-10(2,3)15-9(14)12-5-4-8(13)7(11)6-12;7-6(9)5-1-3-8-4-2-5/h4-5,7-8,12,21H,6,9-10H2,1-3H3;4-5,7-8H,6,9-10H2,1-3H3;1-2,4-5,13H,3,6-7H2;7H,4-6H2,1-3H3;1-4H,(H2,7,9). The Morgan fingerprint density at radius 2 is 1.11 bits per heavy atom. The van der Waals surface area contributed by atoms with Crippen LogP contribution in [0.1, 0.15) is 107 Å². The number of Topliss-reactive ketones (excluding diaryl/α,β-unsaturated/α-hetero) is 1. The molecule has 5 aliphatic rings. The number of thiazole rings is 2. The van der Waals surface area contributed by atoms with Crippen LogP contribution in [0, 0.1) is 0 Å². The molecule has 448 valence electrons. The molecule has 6 aromatic rings. The zero-order chi connectivity index (χ0) is 60.8.